The molecule has 0 atom stereocenters. The van der Waals surface area contributed by atoms with Crippen molar-refractivity contribution in [3.05, 3.63) is 34.3 Å². The molecule has 0 unspecified atom stereocenters. The number of nitrogens with zero attached hydrogens (tertiary/aromatic N) is 1. The molecule has 2 rings (SSSR count). The van der Waals surface area contributed by atoms with E-state index >= 15 is 0 Å². The summed E-state index contributed by atoms with van der Waals surface area (Å²) in [6, 6.07) is 7.36. The molecular formula is C16H21BrN2O2. The van der Waals surface area contributed by atoms with Crippen LogP contribution in [-0.4, -0.2) is 36.3 Å². The number of amides is 2. The molecule has 0 radical (unpaired) electrons. The van der Waals surface area contributed by atoms with Gasteiger partial charge in [0.1, 0.15) is 0 Å². The van der Waals surface area contributed by atoms with Gasteiger partial charge in [-0.3, -0.25) is 9.59 Å². The van der Waals surface area contributed by atoms with Gasteiger partial charge < -0.3 is 10.2 Å². The van der Waals surface area contributed by atoms with E-state index in [-0.39, 0.29) is 11.8 Å². The van der Waals surface area contributed by atoms with Crippen LogP contribution in [0.25, 0.3) is 0 Å². The molecule has 0 aliphatic carbocycles. The maximum absolute atomic E-state index is 12.0. The number of halogens is 1. The molecule has 1 heterocycles. The summed E-state index contributed by atoms with van der Waals surface area (Å²) in [5.41, 5.74) is 0.685. The van der Waals surface area contributed by atoms with E-state index < -0.39 is 0 Å². The lowest BCUT2D eigenvalue weighted by molar-refractivity contribution is -0.130. The van der Waals surface area contributed by atoms with E-state index in [1.54, 1.807) is 6.92 Å². The highest BCUT2D eigenvalue weighted by atomic mass is 79.9. The van der Waals surface area contributed by atoms with Crippen LogP contribution in [-0.2, 0) is 4.79 Å². The van der Waals surface area contributed by atoms with E-state index in [4.69, 9.17) is 0 Å². The second-order valence-electron chi connectivity index (χ2n) is 5.50. The predicted octanol–water partition coefficient (Wildman–Crippen LogP) is 2.83. The lowest BCUT2D eigenvalue weighted by atomic mass is 9.93. The Balaban J connectivity index is 1.69. The molecule has 0 bridgehead atoms. The highest BCUT2D eigenvalue weighted by molar-refractivity contribution is 9.10. The molecule has 1 fully saturated rings. The Hall–Kier alpha value is -1.36. The third kappa shape index (κ3) is 4.84. The number of hydrogen-bond acceptors (Lipinski definition) is 2. The Bertz CT molecular complexity index is 494. The number of carbonyl (C=O) groups excluding carboxylic acids is 2. The smallest absolute Gasteiger partial charge is 0.251 e. The Labute approximate surface area is 134 Å². The summed E-state index contributed by atoms with van der Waals surface area (Å²) in [5, 5.41) is 2.96. The van der Waals surface area contributed by atoms with Crippen molar-refractivity contribution in [3.8, 4) is 0 Å². The van der Waals surface area contributed by atoms with Crippen LogP contribution in [0.2, 0.25) is 0 Å². The standard InChI is InChI=1S/C16H21BrN2O2/c1-12(20)19-10-7-13(8-11-19)6-9-18-16(21)14-2-4-15(17)5-3-14/h2-5,13H,6-11H2,1H3,(H,18,21). The third-order valence-corrected chi connectivity index (χ3v) is 4.53. The minimum Gasteiger partial charge on any atom is -0.352 e. The van der Waals surface area contributed by atoms with Gasteiger partial charge in [0.15, 0.2) is 0 Å². The zero-order valence-corrected chi connectivity index (χ0v) is 13.9. The van der Waals surface area contributed by atoms with Gasteiger partial charge >= 0.3 is 0 Å². The Morgan fingerprint density at radius 1 is 1.24 bits per heavy atom. The molecule has 1 aliphatic heterocycles. The summed E-state index contributed by atoms with van der Waals surface area (Å²) >= 11 is 3.35. The highest BCUT2D eigenvalue weighted by Crippen LogP contribution is 2.20. The van der Waals surface area contributed by atoms with Crippen LogP contribution in [0.4, 0.5) is 0 Å². The monoisotopic (exact) mass is 352 g/mol. The molecule has 2 amide bonds. The average molecular weight is 353 g/mol. The van der Waals surface area contributed by atoms with Crippen molar-refractivity contribution in [2.45, 2.75) is 26.2 Å². The molecule has 0 aromatic heterocycles. The van der Waals surface area contributed by atoms with Gasteiger partial charge in [-0.05, 0) is 49.4 Å². The molecule has 21 heavy (non-hydrogen) atoms. The van der Waals surface area contributed by atoms with Crippen LogP contribution < -0.4 is 5.32 Å². The first kappa shape index (κ1) is 16.0. The maximum Gasteiger partial charge on any atom is 0.251 e. The van der Waals surface area contributed by atoms with Gasteiger partial charge in [-0.25, -0.2) is 0 Å². The fourth-order valence-corrected chi connectivity index (χ4v) is 2.89. The van der Waals surface area contributed by atoms with E-state index in [2.05, 4.69) is 21.2 Å². The van der Waals surface area contributed by atoms with Gasteiger partial charge in [0.2, 0.25) is 5.91 Å². The zero-order valence-electron chi connectivity index (χ0n) is 12.3. The van der Waals surface area contributed by atoms with Crippen LogP contribution in [0.15, 0.2) is 28.7 Å². The topological polar surface area (TPSA) is 49.4 Å². The summed E-state index contributed by atoms with van der Waals surface area (Å²) in [7, 11) is 0. The lowest BCUT2D eigenvalue weighted by Crippen LogP contribution is -2.37. The minimum absolute atomic E-state index is 0.0244. The zero-order chi connectivity index (χ0) is 15.2. The molecule has 0 saturated carbocycles. The first-order chi connectivity index (χ1) is 10.1. The van der Waals surface area contributed by atoms with Crippen LogP contribution in [0.1, 0.15) is 36.5 Å². The van der Waals surface area contributed by atoms with E-state index in [0.29, 0.717) is 18.0 Å². The van der Waals surface area contributed by atoms with Gasteiger partial charge in [-0.15, -0.1) is 0 Å². The summed E-state index contributed by atoms with van der Waals surface area (Å²) < 4.78 is 0.969. The molecule has 1 N–H and O–H groups in total. The van der Waals surface area contributed by atoms with Crippen LogP contribution in [0.5, 0.6) is 0 Å². The van der Waals surface area contributed by atoms with E-state index in [0.717, 1.165) is 36.8 Å². The van der Waals surface area contributed by atoms with Gasteiger partial charge in [-0.1, -0.05) is 15.9 Å². The lowest BCUT2D eigenvalue weighted by Gasteiger charge is -2.31. The summed E-state index contributed by atoms with van der Waals surface area (Å²) in [5.74, 6) is 0.742. The predicted molar refractivity (Wildman–Crippen MR) is 86.1 cm³/mol. The molecular weight excluding hydrogens is 332 g/mol. The Morgan fingerprint density at radius 3 is 2.43 bits per heavy atom. The minimum atomic E-state index is -0.0244. The third-order valence-electron chi connectivity index (χ3n) is 4.00. The van der Waals surface area contributed by atoms with Gasteiger partial charge in [0.25, 0.3) is 5.91 Å². The van der Waals surface area contributed by atoms with Crippen LogP contribution in [0, 0.1) is 5.92 Å². The summed E-state index contributed by atoms with van der Waals surface area (Å²) in [6.45, 7) is 4.01. The average Bonchev–Trinajstić information content (AvgIpc) is 2.48. The number of benzene rings is 1. The van der Waals surface area contributed by atoms with Crippen molar-refractivity contribution in [2.75, 3.05) is 19.6 Å². The summed E-state index contributed by atoms with van der Waals surface area (Å²) in [4.78, 5) is 25.1. The Kier molecular flexibility index (Phi) is 5.79. The van der Waals surface area contributed by atoms with E-state index in [1.165, 1.54) is 0 Å². The normalized spacial score (nSPS) is 15.8. The second kappa shape index (κ2) is 7.59. The fraction of sp³-hybridized carbons (Fsp3) is 0.500. The maximum atomic E-state index is 12.0. The second-order valence-corrected chi connectivity index (χ2v) is 6.42. The largest absolute Gasteiger partial charge is 0.352 e. The van der Waals surface area contributed by atoms with Crippen LogP contribution in [0.3, 0.4) is 0 Å². The van der Waals surface area contributed by atoms with Crippen molar-refractivity contribution in [3.63, 3.8) is 0 Å². The molecule has 1 aromatic carbocycles. The number of nitrogens with one attached hydrogen (secondary N) is 1. The number of hydrogen-bond donors (Lipinski definition) is 1. The first-order valence-electron chi connectivity index (χ1n) is 7.35. The molecule has 5 heteroatoms. The van der Waals surface area contributed by atoms with Crippen LogP contribution >= 0.6 is 15.9 Å². The molecule has 1 saturated heterocycles. The summed E-state index contributed by atoms with van der Waals surface area (Å²) in [6.07, 6.45) is 3.05. The van der Waals surface area contributed by atoms with E-state index in [9.17, 15) is 9.59 Å². The number of rotatable bonds is 4. The number of carbonyl (C=O) groups is 2. The van der Waals surface area contributed by atoms with Gasteiger partial charge in [0.05, 0.1) is 0 Å². The molecule has 0 spiro atoms. The van der Waals surface area contributed by atoms with Crippen molar-refractivity contribution in [1.82, 2.24) is 10.2 Å². The molecule has 1 aliphatic rings. The Morgan fingerprint density at radius 2 is 1.86 bits per heavy atom. The fourth-order valence-electron chi connectivity index (χ4n) is 2.63. The van der Waals surface area contributed by atoms with Gasteiger partial charge in [0, 0.05) is 36.6 Å². The van der Waals surface area contributed by atoms with Gasteiger partial charge in [-0.2, -0.15) is 0 Å². The SMILES string of the molecule is CC(=O)N1CCC(CCNC(=O)c2ccc(Br)cc2)CC1. The highest BCUT2D eigenvalue weighted by Gasteiger charge is 2.20. The first-order valence-corrected chi connectivity index (χ1v) is 8.15. The molecule has 114 valence electrons. The molecule has 4 nitrogen and oxygen atoms in total. The molecule has 1 aromatic rings. The van der Waals surface area contributed by atoms with Crippen molar-refractivity contribution in [1.29, 1.82) is 0 Å². The quantitative estimate of drug-likeness (QED) is 0.905. The van der Waals surface area contributed by atoms with Crippen molar-refractivity contribution < 1.29 is 9.59 Å². The number of piperidine rings is 1. The van der Waals surface area contributed by atoms with E-state index in [1.807, 2.05) is 29.2 Å². The van der Waals surface area contributed by atoms with Crippen molar-refractivity contribution >= 4 is 27.7 Å². The van der Waals surface area contributed by atoms with Crippen molar-refractivity contribution in [2.24, 2.45) is 5.92 Å². The number of likely N-dealkylation sites (tertiary alicyclic amines) is 1.